The number of nitrogens with one attached hydrogen (secondary N) is 1. The van der Waals surface area contributed by atoms with Gasteiger partial charge in [-0.15, -0.1) is 0 Å². The molecular formula is C21H46NO2+. The van der Waals surface area contributed by atoms with Gasteiger partial charge in [0, 0.05) is 0 Å². The monoisotopic (exact) mass is 344 g/mol. The maximum atomic E-state index is 8.89. The van der Waals surface area contributed by atoms with E-state index >= 15 is 0 Å². The van der Waals surface area contributed by atoms with E-state index in [1.54, 1.807) is 0 Å². The van der Waals surface area contributed by atoms with E-state index in [9.17, 15) is 0 Å². The second-order valence-corrected chi connectivity index (χ2v) is 7.70. The molecule has 0 heterocycles. The van der Waals surface area contributed by atoms with E-state index in [0.717, 1.165) is 6.54 Å². The molecular weight excluding hydrogens is 298 g/mol. The summed E-state index contributed by atoms with van der Waals surface area (Å²) in [6, 6.07) is 0. The number of rotatable bonds is 19. The quantitative estimate of drug-likeness (QED) is 0.244. The largest absolute Gasteiger partial charge is 0.364 e. The van der Waals surface area contributed by atoms with Gasteiger partial charge in [0.05, 0.1) is 13.6 Å². The van der Waals surface area contributed by atoms with Crippen molar-refractivity contribution in [2.24, 2.45) is 0 Å². The van der Waals surface area contributed by atoms with Gasteiger partial charge < -0.3 is 15.1 Å². The summed E-state index contributed by atoms with van der Waals surface area (Å²) in [6.45, 7) is 3.78. The van der Waals surface area contributed by atoms with Crippen LogP contribution in [0.1, 0.15) is 110 Å². The van der Waals surface area contributed by atoms with E-state index < -0.39 is 6.29 Å². The molecule has 24 heavy (non-hydrogen) atoms. The number of unbranched alkanes of at least 4 members (excludes halogenated alkanes) is 15. The topological polar surface area (TPSA) is 44.9 Å². The Hall–Kier alpha value is -0.120. The summed E-state index contributed by atoms with van der Waals surface area (Å²) >= 11 is 0. The Kier molecular flexibility index (Phi) is 19.1. The highest BCUT2D eigenvalue weighted by molar-refractivity contribution is 4.49. The van der Waals surface area contributed by atoms with Crippen molar-refractivity contribution in [3.05, 3.63) is 0 Å². The summed E-state index contributed by atoms with van der Waals surface area (Å²) in [4.78, 5) is 1.22. The lowest BCUT2D eigenvalue weighted by Gasteiger charge is -2.14. The van der Waals surface area contributed by atoms with E-state index in [-0.39, 0.29) is 0 Å². The molecule has 0 amide bonds. The maximum absolute atomic E-state index is 8.89. The van der Waals surface area contributed by atoms with Crippen molar-refractivity contribution >= 4 is 0 Å². The molecule has 3 N–H and O–H groups in total. The van der Waals surface area contributed by atoms with Gasteiger partial charge in [0.2, 0.25) is 6.29 Å². The molecule has 0 fully saturated rings. The predicted octanol–water partition coefficient (Wildman–Crippen LogP) is 4.07. The third-order valence-electron chi connectivity index (χ3n) is 4.99. The van der Waals surface area contributed by atoms with Gasteiger partial charge in [-0.2, -0.15) is 0 Å². The van der Waals surface area contributed by atoms with Crippen LogP contribution >= 0.6 is 0 Å². The SMILES string of the molecule is CCCCCCCCCCCCCCCCCC[NH+](C)CC(O)O. The van der Waals surface area contributed by atoms with Crippen LogP contribution in [0.5, 0.6) is 0 Å². The standard InChI is InChI=1S/C21H45NO2/c1-3-4-5-6-7-8-9-10-11-12-13-14-15-16-17-18-19-22(2)20-21(23)24/h21,23-24H,3-20H2,1-2H3/p+1. The third kappa shape index (κ3) is 19.9. The van der Waals surface area contributed by atoms with Gasteiger partial charge in [0.1, 0.15) is 6.54 Å². The third-order valence-corrected chi connectivity index (χ3v) is 4.99. The molecule has 0 saturated carbocycles. The lowest BCUT2D eigenvalue weighted by Crippen LogP contribution is -3.10. The Morgan fingerprint density at radius 2 is 0.917 bits per heavy atom. The number of hydrogen-bond donors (Lipinski definition) is 3. The van der Waals surface area contributed by atoms with E-state index in [1.165, 1.54) is 108 Å². The molecule has 0 aromatic rings. The number of hydrogen-bond acceptors (Lipinski definition) is 2. The summed E-state index contributed by atoms with van der Waals surface area (Å²) in [5.74, 6) is 0. The number of quaternary nitrogens is 1. The van der Waals surface area contributed by atoms with Crippen molar-refractivity contribution in [2.75, 3.05) is 20.1 Å². The molecule has 1 atom stereocenters. The molecule has 3 heteroatoms. The summed E-state index contributed by atoms with van der Waals surface area (Å²) in [6.07, 6.45) is 21.2. The molecule has 0 aromatic heterocycles. The van der Waals surface area contributed by atoms with Gasteiger partial charge >= 0.3 is 0 Å². The second kappa shape index (κ2) is 19.2. The molecule has 1 unspecified atom stereocenters. The first-order valence-electron chi connectivity index (χ1n) is 10.8. The number of likely N-dealkylation sites (N-methyl/N-ethyl adjacent to an activating group) is 1. The summed E-state index contributed by atoms with van der Waals surface area (Å²) < 4.78 is 0. The van der Waals surface area contributed by atoms with E-state index in [1.807, 2.05) is 7.05 Å². The van der Waals surface area contributed by atoms with Gasteiger partial charge in [0.15, 0.2) is 0 Å². The summed E-state index contributed by atoms with van der Waals surface area (Å²) in [5, 5.41) is 17.8. The molecule has 0 aliphatic carbocycles. The van der Waals surface area contributed by atoms with Gasteiger partial charge in [-0.25, -0.2) is 0 Å². The van der Waals surface area contributed by atoms with Crippen LogP contribution < -0.4 is 4.90 Å². The molecule has 0 rings (SSSR count). The van der Waals surface area contributed by atoms with Crippen LogP contribution in [0.2, 0.25) is 0 Å². The molecule has 146 valence electrons. The minimum atomic E-state index is -1.16. The van der Waals surface area contributed by atoms with Crippen LogP contribution in [0.25, 0.3) is 0 Å². The van der Waals surface area contributed by atoms with Crippen molar-refractivity contribution in [1.82, 2.24) is 0 Å². The zero-order valence-corrected chi connectivity index (χ0v) is 16.7. The first-order chi connectivity index (χ1) is 11.7. The number of aliphatic hydroxyl groups excluding tert-OH is 1. The van der Waals surface area contributed by atoms with Crippen LogP contribution in [0, 0.1) is 0 Å². The second-order valence-electron chi connectivity index (χ2n) is 7.70. The van der Waals surface area contributed by atoms with Crippen LogP contribution in [-0.4, -0.2) is 36.6 Å². The summed E-state index contributed by atoms with van der Waals surface area (Å²) in [7, 11) is 2.03. The van der Waals surface area contributed by atoms with E-state index in [0.29, 0.717) is 6.54 Å². The Morgan fingerprint density at radius 3 is 1.25 bits per heavy atom. The van der Waals surface area contributed by atoms with Crippen molar-refractivity contribution in [3.8, 4) is 0 Å². The minimum Gasteiger partial charge on any atom is -0.364 e. The van der Waals surface area contributed by atoms with Crippen LogP contribution in [0.3, 0.4) is 0 Å². The summed E-state index contributed by atoms with van der Waals surface area (Å²) in [5.41, 5.74) is 0. The van der Waals surface area contributed by atoms with Gasteiger partial charge in [-0.3, -0.25) is 0 Å². The maximum Gasteiger partial charge on any atom is 0.202 e. The van der Waals surface area contributed by atoms with Crippen molar-refractivity contribution in [1.29, 1.82) is 0 Å². The molecule has 3 nitrogen and oxygen atoms in total. The van der Waals surface area contributed by atoms with Crippen molar-refractivity contribution in [2.45, 2.75) is 116 Å². The first kappa shape index (κ1) is 23.9. The van der Waals surface area contributed by atoms with Crippen LogP contribution in [-0.2, 0) is 0 Å². The highest BCUT2D eigenvalue weighted by Crippen LogP contribution is 2.13. The van der Waals surface area contributed by atoms with Crippen LogP contribution in [0.15, 0.2) is 0 Å². The molecule has 0 aromatic carbocycles. The Bertz CT molecular complexity index is 234. The first-order valence-corrected chi connectivity index (χ1v) is 10.8. The lowest BCUT2D eigenvalue weighted by atomic mass is 10.0. The molecule has 0 bridgehead atoms. The molecule has 0 aliphatic heterocycles. The number of aliphatic hydroxyl groups is 2. The average molecular weight is 345 g/mol. The van der Waals surface area contributed by atoms with Crippen LogP contribution in [0.4, 0.5) is 0 Å². The highest BCUT2D eigenvalue weighted by atomic mass is 16.5. The Labute approximate surface area is 151 Å². The zero-order chi connectivity index (χ0) is 17.9. The smallest absolute Gasteiger partial charge is 0.202 e. The van der Waals surface area contributed by atoms with Crippen molar-refractivity contribution in [3.63, 3.8) is 0 Å². The lowest BCUT2D eigenvalue weighted by molar-refractivity contribution is -0.886. The molecule has 0 spiro atoms. The fourth-order valence-electron chi connectivity index (χ4n) is 3.39. The molecule has 0 aliphatic rings. The minimum absolute atomic E-state index is 0.443. The zero-order valence-electron chi connectivity index (χ0n) is 16.7. The average Bonchev–Trinajstić information content (AvgIpc) is 2.53. The van der Waals surface area contributed by atoms with Gasteiger partial charge in [-0.1, -0.05) is 96.8 Å². The fourth-order valence-corrected chi connectivity index (χ4v) is 3.39. The molecule has 0 radical (unpaired) electrons. The van der Waals surface area contributed by atoms with E-state index in [2.05, 4.69) is 6.92 Å². The van der Waals surface area contributed by atoms with E-state index in [4.69, 9.17) is 10.2 Å². The fraction of sp³-hybridized carbons (Fsp3) is 1.00. The molecule has 0 saturated heterocycles. The predicted molar refractivity (Wildman–Crippen MR) is 104 cm³/mol. The Balaban J connectivity index is 3.05. The normalized spacial score (nSPS) is 12.9. The highest BCUT2D eigenvalue weighted by Gasteiger charge is 2.06. The Morgan fingerprint density at radius 1 is 0.583 bits per heavy atom. The van der Waals surface area contributed by atoms with Gasteiger partial charge in [0.25, 0.3) is 0 Å². The van der Waals surface area contributed by atoms with Gasteiger partial charge in [-0.05, 0) is 12.8 Å². The van der Waals surface area contributed by atoms with Crippen molar-refractivity contribution < 1.29 is 15.1 Å².